The molecule has 2 aromatic rings. The molecule has 1 heterocycles. The molecular formula is C15H14FN. The van der Waals surface area contributed by atoms with Crippen LogP contribution < -0.4 is 5.32 Å². The molecule has 1 nitrogen and oxygen atoms in total. The Morgan fingerprint density at radius 2 is 1.94 bits per heavy atom. The molecule has 0 radical (unpaired) electrons. The molecular weight excluding hydrogens is 213 g/mol. The predicted octanol–water partition coefficient (Wildman–Crippen LogP) is 3.14. The molecule has 86 valence electrons. The van der Waals surface area contributed by atoms with Crippen LogP contribution in [0, 0.1) is 5.82 Å². The normalized spacial score (nSPS) is 14.4. The topological polar surface area (TPSA) is 12.0 Å². The van der Waals surface area contributed by atoms with Gasteiger partial charge in [0, 0.05) is 6.54 Å². The largest absolute Gasteiger partial charge is 0.312 e. The minimum atomic E-state index is -0.177. The van der Waals surface area contributed by atoms with Gasteiger partial charge in [0.05, 0.1) is 0 Å². The monoisotopic (exact) mass is 227 g/mol. The van der Waals surface area contributed by atoms with Crippen molar-refractivity contribution in [3.8, 4) is 11.1 Å². The fourth-order valence-electron chi connectivity index (χ4n) is 2.44. The van der Waals surface area contributed by atoms with E-state index in [0.29, 0.717) is 0 Å². The molecule has 0 fully saturated rings. The third kappa shape index (κ3) is 1.96. The molecule has 17 heavy (non-hydrogen) atoms. The van der Waals surface area contributed by atoms with Gasteiger partial charge in [0.15, 0.2) is 0 Å². The smallest absolute Gasteiger partial charge is 0.123 e. The van der Waals surface area contributed by atoms with E-state index in [1.807, 2.05) is 6.07 Å². The van der Waals surface area contributed by atoms with Gasteiger partial charge in [-0.15, -0.1) is 0 Å². The van der Waals surface area contributed by atoms with E-state index in [2.05, 4.69) is 23.5 Å². The first-order valence-electron chi connectivity index (χ1n) is 5.92. The average molecular weight is 227 g/mol. The van der Waals surface area contributed by atoms with Crippen LogP contribution in [0.1, 0.15) is 11.1 Å². The first-order valence-corrected chi connectivity index (χ1v) is 5.92. The summed E-state index contributed by atoms with van der Waals surface area (Å²) in [5, 5.41) is 3.37. The Morgan fingerprint density at radius 1 is 1.06 bits per heavy atom. The number of hydrogen-bond donors (Lipinski definition) is 1. The summed E-state index contributed by atoms with van der Waals surface area (Å²) in [5.41, 5.74) is 4.80. The van der Waals surface area contributed by atoms with E-state index in [0.717, 1.165) is 30.6 Å². The Kier molecular flexibility index (Phi) is 2.65. The molecule has 2 aromatic carbocycles. The molecule has 1 N–H and O–H groups in total. The molecule has 0 atom stereocenters. The molecule has 0 unspecified atom stereocenters. The highest BCUT2D eigenvalue weighted by molar-refractivity contribution is 5.69. The van der Waals surface area contributed by atoms with Gasteiger partial charge in [0.2, 0.25) is 0 Å². The lowest BCUT2D eigenvalue weighted by Crippen LogP contribution is -2.24. The standard InChI is InChI=1S/C15H14FN/c16-13-5-1-4-12(9-13)14-6-2-3-11-7-8-17-10-15(11)14/h1-6,9,17H,7-8,10H2. The molecule has 0 amide bonds. The fraction of sp³-hybridized carbons (Fsp3) is 0.200. The van der Waals surface area contributed by atoms with Gasteiger partial charge in [-0.05, 0) is 47.4 Å². The zero-order valence-corrected chi connectivity index (χ0v) is 9.54. The zero-order chi connectivity index (χ0) is 11.7. The lowest BCUT2D eigenvalue weighted by molar-refractivity contribution is 0.628. The van der Waals surface area contributed by atoms with Crippen molar-refractivity contribution < 1.29 is 4.39 Å². The Balaban J connectivity index is 2.14. The zero-order valence-electron chi connectivity index (χ0n) is 9.54. The highest BCUT2D eigenvalue weighted by Gasteiger charge is 2.13. The summed E-state index contributed by atoms with van der Waals surface area (Å²) in [6.45, 7) is 1.90. The second-order valence-electron chi connectivity index (χ2n) is 4.38. The average Bonchev–Trinajstić information content (AvgIpc) is 2.38. The number of fused-ring (bicyclic) bond motifs is 1. The Bertz CT molecular complexity index is 548. The molecule has 0 spiro atoms. The van der Waals surface area contributed by atoms with Crippen LogP contribution >= 0.6 is 0 Å². The number of benzene rings is 2. The van der Waals surface area contributed by atoms with Crippen LogP contribution in [0.5, 0.6) is 0 Å². The van der Waals surface area contributed by atoms with Crippen LogP contribution in [0.4, 0.5) is 4.39 Å². The van der Waals surface area contributed by atoms with Crippen molar-refractivity contribution >= 4 is 0 Å². The van der Waals surface area contributed by atoms with Crippen molar-refractivity contribution in [1.82, 2.24) is 5.32 Å². The SMILES string of the molecule is Fc1cccc(-c2cccc3c2CNCC3)c1. The summed E-state index contributed by atoms with van der Waals surface area (Å²) in [6, 6.07) is 13.1. The summed E-state index contributed by atoms with van der Waals surface area (Å²) < 4.78 is 13.3. The van der Waals surface area contributed by atoms with Gasteiger partial charge in [0.25, 0.3) is 0 Å². The Hall–Kier alpha value is -1.67. The minimum absolute atomic E-state index is 0.177. The fourth-order valence-corrected chi connectivity index (χ4v) is 2.44. The molecule has 0 aliphatic carbocycles. The van der Waals surface area contributed by atoms with E-state index in [-0.39, 0.29) is 5.82 Å². The van der Waals surface area contributed by atoms with Crippen molar-refractivity contribution in [2.75, 3.05) is 6.54 Å². The van der Waals surface area contributed by atoms with E-state index < -0.39 is 0 Å². The summed E-state index contributed by atoms with van der Waals surface area (Å²) in [7, 11) is 0. The van der Waals surface area contributed by atoms with Crippen LogP contribution in [-0.4, -0.2) is 6.54 Å². The van der Waals surface area contributed by atoms with E-state index in [1.165, 1.54) is 17.2 Å². The summed E-state index contributed by atoms with van der Waals surface area (Å²) in [5.74, 6) is -0.177. The van der Waals surface area contributed by atoms with E-state index >= 15 is 0 Å². The van der Waals surface area contributed by atoms with Crippen molar-refractivity contribution in [1.29, 1.82) is 0 Å². The van der Waals surface area contributed by atoms with E-state index in [4.69, 9.17) is 0 Å². The van der Waals surface area contributed by atoms with Gasteiger partial charge in [-0.3, -0.25) is 0 Å². The molecule has 0 aromatic heterocycles. The van der Waals surface area contributed by atoms with Crippen molar-refractivity contribution in [3.63, 3.8) is 0 Å². The maximum absolute atomic E-state index is 13.3. The summed E-state index contributed by atoms with van der Waals surface area (Å²) >= 11 is 0. The van der Waals surface area contributed by atoms with Crippen LogP contribution in [0.2, 0.25) is 0 Å². The van der Waals surface area contributed by atoms with Gasteiger partial charge in [-0.1, -0.05) is 30.3 Å². The second-order valence-corrected chi connectivity index (χ2v) is 4.38. The van der Waals surface area contributed by atoms with Crippen LogP contribution in [0.15, 0.2) is 42.5 Å². The van der Waals surface area contributed by atoms with Gasteiger partial charge in [-0.25, -0.2) is 4.39 Å². The quantitative estimate of drug-likeness (QED) is 0.789. The number of rotatable bonds is 1. The minimum Gasteiger partial charge on any atom is -0.312 e. The maximum atomic E-state index is 13.3. The van der Waals surface area contributed by atoms with Crippen LogP contribution in [0.25, 0.3) is 11.1 Å². The van der Waals surface area contributed by atoms with Gasteiger partial charge in [-0.2, -0.15) is 0 Å². The second kappa shape index (κ2) is 4.30. The van der Waals surface area contributed by atoms with Crippen LogP contribution in [0.3, 0.4) is 0 Å². The molecule has 3 rings (SSSR count). The highest BCUT2D eigenvalue weighted by atomic mass is 19.1. The van der Waals surface area contributed by atoms with Gasteiger partial charge < -0.3 is 5.32 Å². The van der Waals surface area contributed by atoms with E-state index in [1.54, 1.807) is 12.1 Å². The first kappa shape index (κ1) is 10.5. The van der Waals surface area contributed by atoms with Crippen molar-refractivity contribution in [2.45, 2.75) is 13.0 Å². The van der Waals surface area contributed by atoms with Crippen LogP contribution in [-0.2, 0) is 13.0 Å². The maximum Gasteiger partial charge on any atom is 0.123 e. The lowest BCUT2D eigenvalue weighted by Gasteiger charge is -2.20. The lowest BCUT2D eigenvalue weighted by atomic mass is 9.92. The van der Waals surface area contributed by atoms with Crippen molar-refractivity contribution in [2.24, 2.45) is 0 Å². The molecule has 1 aliphatic heterocycles. The predicted molar refractivity (Wildman–Crippen MR) is 67.2 cm³/mol. The van der Waals surface area contributed by atoms with Gasteiger partial charge >= 0.3 is 0 Å². The first-order chi connectivity index (χ1) is 8.34. The van der Waals surface area contributed by atoms with E-state index in [9.17, 15) is 4.39 Å². The van der Waals surface area contributed by atoms with Gasteiger partial charge in [0.1, 0.15) is 5.82 Å². The highest BCUT2D eigenvalue weighted by Crippen LogP contribution is 2.28. The number of hydrogen-bond acceptors (Lipinski definition) is 1. The molecule has 2 heteroatoms. The Labute approximate surface area is 100 Å². The summed E-state index contributed by atoms with van der Waals surface area (Å²) in [4.78, 5) is 0. The third-order valence-corrected chi connectivity index (χ3v) is 3.28. The third-order valence-electron chi connectivity index (χ3n) is 3.28. The number of nitrogens with one attached hydrogen (secondary N) is 1. The Morgan fingerprint density at radius 3 is 2.82 bits per heavy atom. The molecule has 0 bridgehead atoms. The van der Waals surface area contributed by atoms with Crippen molar-refractivity contribution in [3.05, 3.63) is 59.4 Å². The molecule has 0 saturated heterocycles. The molecule has 0 saturated carbocycles. The molecule has 1 aliphatic rings. The summed E-state index contributed by atoms with van der Waals surface area (Å²) in [6.07, 6.45) is 1.05. The number of halogens is 1.